The van der Waals surface area contributed by atoms with E-state index in [0.29, 0.717) is 5.39 Å². The Kier molecular flexibility index (Phi) is 5.39. The normalized spacial score (nSPS) is 25.7. The molecule has 10 heteroatoms. The van der Waals surface area contributed by atoms with Crippen LogP contribution in [0, 0.1) is 0 Å². The van der Waals surface area contributed by atoms with Crippen molar-refractivity contribution in [2.45, 2.75) is 37.6 Å². The van der Waals surface area contributed by atoms with Crippen molar-refractivity contribution >= 4 is 10.8 Å². The van der Waals surface area contributed by atoms with E-state index in [-0.39, 0.29) is 33.8 Å². The molecule has 0 saturated carbocycles. The zero-order valence-electron chi connectivity index (χ0n) is 16.7. The number of phenols is 5. The van der Waals surface area contributed by atoms with Crippen LogP contribution < -0.4 is 4.74 Å². The highest BCUT2D eigenvalue weighted by molar-refractivity contribution is 5.95. The van der Waals surface area contributed by atoms with Crippen molar-refractivity contribution in [2.24, 2.45) is 0 Å². The molecule has 3 aromatic rings. The van der Waals surface area contributed by atoms with Crippen LogP contribution in [0.15, 0.2) is 36.4 Å². The summed E-state index contributed by atoms with van der Waals surface area (Å²) in [5.41, 5.74) is 0.425. The second kappa shape index (κ2) is 7.92. The van der Waals surface area contributed by atoms with Gasteiger partial charge in [0.2, 0.25) is 6.29 Å². The van der Waals surface area contributed by atoms with Gasteiger partial charge in [0.1, 0.15) is 35.6 Å². The van der Waals surface area contributed by atoms with Crippen LogP contribution in [0.1, 0.15) is 6.92 Å². The van der Waals surface area contributed by atoms with Crippen molar-refractivity contribution in [3.8, 4) is 45.6 Å². The van der Waals surface area contributed by atoms with Crippen molar-refractivity contribution in [3.63, 3.8) is 0 Å². The second-order valence-electron chi connectivity index (χ2n) is 7.70. The minimum absolute atomic E-state index is 0.0165. The van der Waals surface area contributed by atoms with E-state index < -0.39 is 48.0 Å². The first-order valence-electron chi connectivity index (χ1n) is 9.68. The number of aliphatic hydroxyl groups is 3. The predicted molar refractivity (Wildman–Crippen MR) is 111 cm³/mol. The highest BCUT2D eigenvalue weighted by Gasteiger charge is 2.43. The SMILES string of the molecule is C[C@@H]1O[C@@H](Oc2cc3c(O)cc(O)cc3cc2-c2cc(O)c(O)c(O)c2)[C@H](O)[C@H](O)[C@H]1O. The molecule has 32 heavy (non-hydrogen) atoms. The second-order valence-corrected chi connectivity index (χ2v) is 7.70. The van der Waals surface area contributed by atoms with Crippen LogP contribution in [0.25, 0.3) is 21.9 Å². The summed E-state index contributed by atoms with van der Waals surface area (Å²) in [6.45, 7) is 1.49. The fraction of sp³-hybridized carbons (Fsp3) is 0.273. The molecule has 1 aliphatic rings. The lowest BCUT2D eigenvalue weighted by Crippen LogP contribution is -2.58. The Bertz CT molecular complexity index is 1150. The van der Waals surface area contributed by atoms with Gasteiger partial charge in [-0.15, -0.1) is 0 Å². The molecule has 0 spiro atoms. The van der Waals surface area contributed by atoms with E-state index in [1.54, 1.807) is 0 Å². The van der Waals surface area contributed by atoms with Crippen LogP contribution >= 0.6 is 0 Å². The molecule has 4 rings (SSSR count). The Morgan fingerprint density at radius 3 is 2.06 bits per heavy atom. The van der Waals surface area contributed by atoms with Gasteiger partial charge in [-0.25, -0.2) is 0 Å². The average molecular weight is 446 g/mol. The van der Waals surface area contributed by atoms with Crippen molar-refractivity contribution in [3.05, 3.63) is 36.4 Å². The Hall–Kier alpha value is -3.44. The van der Waals surface area contributed by atoms with Gasteiger partial charge in [0.25, 0.3) is 0 Å². The van der Waals surface area contributed by atoms with E-state index in [9.17, 15) is 40.9 Å². The first kappa shape index (κ1) is 21.8. The van der Waals surface area contributed by atoms with Crippen LogP contribution in [0.5, 0.6) is 34.5 Å². The maximum atomic E-state index is 10.3. The molecule has 1 saturated heterocycles. The molecule has 8 N–H and O–H groups in total. The summed E-state index contributed by atoms with van der Waals surface area (Å²) in [6, 6.07) is 7.68. The quantitative estimate of drug-likeness (QED) is 0.273. The van der Waals surface area contributed by atoms with Crippen molar-refractivity contribution < 1.29 is 50.3 Å². The molecule has 10 nitrogen and oxygen atoms in total. The number of benzene rings is 3. The smallest absolute Gasteiger partial charge is 0.229 e. The van der Waals surface area contributed by atoms with Gasteiger partial charge in [-0.05, 0) is 48.2 Å². The Morgan fingerprint density at radius 1 is 0.750 bits per heavy atom. The Balaban J connectivity index is 1.87. The van der Waals surface area contributed by atoms with Gasteiger partial charge in [-0.1, -0.05) is 0 Å². The molecule has 1 fully saturated rings. The van der Waals surface area contributed by atoms with Gasteiger partial charge < -0.3 is 50.3 Å². The van der Waals surface area contributed by atoms with Crippen LogP contribution in [0.3, 0.4) is 0 Å². The third kappa shape index (κ3) is 3.69. The molecule has 5 atom stereocenters. The number of hydrogen-bond acceptors (Lipinski definition) is 10. The average Bonchev–Trinajstić information content (AvgIpc) is 2.73. The predicted octanol–water partition coefficient (Wildman–Crippen LogP) is 1.24. The summed E-state index contributed by atoms with van der Waals surface area (Å²) in [7, 11) is 0. The fourth-order valence-electron chi connectivity index (χ4n) is 3.68. The van der Waals surface area contributed by atoms with E-state index in [1.165, 1.54) is 25.1 Å². The number of ether oxygens (including phenoxy) is 2. The lowest BCUT2D eigenvalue weighted by atomic mass is 9.97. The third-order valence-corrected chi connectivity index (χ3v) is 5.45. The van der Waals surface area contributed by atoms with Crippen LogP contribution in [-0.2, 0) is 4.74 Å². The minimum Gasteiger partial charge on any atom is -0.508 e. The zero-order valence-corrected chi connectivity index (χ0v) is 16.7. The monoisotopic (exact) mass is 446 g/mol. The number of hydrogen-bond donors (Lipinski definition) is 8. The van der Waals surface area contributed by atoms with E-state index in [4.69, 9.17) is 9.47 Å². The lowest BCUT2D eigenvalue weighted by molar-refractivity contribution is -0.268. The van der Waals surface area contributed by atoms with Gasteiger partial charge in [0, 0.05) is 17.0 Å². The van der Waals surface area contributed by atoms with Gasteiger partial charge >= 0.3 is 0 Å². The molecular weight excluding hydrogens is 424 g/mol. The standard InChI is InChI=1S/C22H22O10/c1-8-18(27)20(29)21(30)22(31-8)32-17-7-12-9(2-11(23)6-14(12)24)3-13(17)10-4-15(25)19(28)16(26)5-10/h2-8,18,20-30H,1H3/t8-,18-,20+,21+,22-/m0/s1. The Morgan fingerprint density at radius 2 is 1.41 bits per heavy atom. The highest BCUT2D eigenvalue weighted by atomic mass is 16.7. The molecule has 0 unspecified atom stereocenters. The van der Waals surface area contributed by atoms with E-state index in [2.05, 4.69) is 0 Å². The first-order valence-corrected chi connectivity index (χ1v) is 9.68. The van der Waals surface area contributed by atoms with Gasteiger partial charge in [0.05, 0.1) is 6.10 Å². The molecule has 170 valence electrons. The molecule has 3 aromatic carbocycles. The zero-order chi connectivity index (χ0) is 23.3. The van der Waals surface area contributed by atoms with E-state index >= 15 is 0 Å². The highest BCUT2D eigenvalue weighted by Crippen LogP contribution is 2.44. The lowest BCUT2D eigenvalue weighted by Gasteiger charge is -2.39. The number of aromatic hydroxyl groups is 5. The number of aliphatic hydroxyl groups excluding tert-OH is 3. The van der Waals surface area contributed by atoms with Crippen molar-refractivity contribution in [1.29, 1.82) is 0 Å². The van der Waals surface area contributed by atoms with Gasteiger partial charge in [-0.2, -0.15) is 0 Å². The maximum Gasteiger partial charge on any atom is 0.229 e. The fourth-order valence-corrected chi connectivity index (χ4v) is 3.68. The summed E-state index contributed by atoms with van der Waals surface area (Å²) >= 11 is 0. The molecule has 1 heterocycles. The van der Waals surface area contributed by atoms with E-state index in [0.717, 1.165) is 18.2 Å². The molecule has 0 amide bonds. The topological polar surface area (TPSA) is 180 Å². The number of fused-ring (bicyclic) bond motifs is 1. The molecule has 0 aromatic heterocycles. The van der Waals surface area contributed by atoms with E-state index in [1.807, 2.05) is 0 Å². The van der Waals surface area contributed by atoms with Crippen molar-refractivity contribution in [1.82, 2.24) is 0 Å². The van der Waals surface area contributed by atoms with Crippen molar-refractivity contribution in [2.75, 3.05) is 0 Å². The van der Waals surface area contributed by atoms with Gasteiger partial charge in [-0.3, -0.25) is 0 Å². The minimum atomic E-state index is -1.61. The first-order chi connectivity index (χ1) is 15.1. The number of rotatable bonds is 3. The summed E-state index contributed by atoms with van der Waals surface area (Å²) in [5.74, 6) is -2.38. The third-order valence-electron chi connectivity index (χ3n) is 5.45. The maximum absolute atomic E-state index is 10.3. The Labute approximate surface area is 181 Å². The number of phenolic OH excluding ortho intramolecular Hbond substituents is 5. The van der Waals surface area contributed by atoms with Crippen LogP contribution in [-0.4, -0.2) is 71.6 Å². The van der Waals surface area contributed by atoms with Gasteiger partial charge in [0.15, 0.2) is 17.2 Å². The summed E-state index contributed by atoms with van der Waals surface area (Å²) in [4.78, 5) is 0. The largest absolute Gasteiger partial charge is 0.508 e. The van der Waals surface area contributed by atoms with Crippen LogP contribution in [0.2, 0.25) is 0 Å². The summed E-state index contributed by atoms with van der Waals surface area (Å²) < 4.78 is 11.3. The molecule has 0 bridgehead atoms. The molecule has 1 aliphatic heterocycles. The molecular formula is C22H22O10. The molecule has 0 radical (unpaired) electrons. The summed E-state index contributed by atoms with van der Waals surface area (Å²) in [6.07, 6.45) is -6.76. The molecule has 0 aliphatic carbocycles. The summed E-state index contributed by atoms with van der Waals surface area (Å²) in [5, 5.41) is 80.6. The van der Waals surface area contributed by atoms with Crippen LogP contribution in [0.4, 0.5) is 0 Å².